The zero-order valence-electron chi connectivity index (χ0n) is 20.5. The van der Waals surface area contributed by atoms with Crippen molar-refractivity contribution in [3.63, 3.8) is 0 Å². The standard InChI is InChI=1S/C27H28ClFN6O/c1-5-24(36)33-23-15-18(8-9-27(2,3)35-12-10-34(4)11-13-35)14-22-25(23)26(31-17-30-22)32-19-6-7-21(29)20(28)16-19/h5-7,14-17H,1,10-13H2,2-4H3,(H,33,36)(H,30,31,32). The van der Waals surface area contributed by atoms with Gasteiger partial charge in [0.25, 0.3) is 0 Å². The van der Waals surface area contributed by atoms with Gasteiger partial charge in [-0.3, -0.25) is 9.69 Å². The second-order valence-electron chi connectivity index (χ2n) is 9.19. The zero-order valence-corrected chi connectivity index (χ0v) is 21.3. The van der Waals surface area contributed by atoms with Gasteiger partial charge in [-0.25, -0.2) is 14.4 Å². The molecule has 2 N–H and O–H groups in total. The Morgan fingerprint density at radius 2 is 1.94 bits per heavy atom. The maximum absolute atomic E-state index is 13.6. The number of benzene rings is 2. The molecule has 1 amide bonds. The molecular formula is C27H28ClFN6O. The summed E-state index contributed by atoms with van der Waals surface area (Å²) in [5, 5.41) is 6.55. The number of fused-ring (bicyclic) bond motifs is 1. The van der Waals surface area contributed by atoms with Crippen molar-refractivity contribution >= 4 is 45.6 Å². The van der Waals surface area contributed by atoms with E-state index in [0.29, 0.717) is 33.7 Å². The number of nitrogens with zero attached hydrogens (tertiary/aromatic N) is 4. The van der Waals surface area contributed by atoms with Crippen molar-refractivity contribution in [3.8, 4) is 11.8 Å². The molecule has 9 heteroatoms. The summed E-state index contributed by atoms with van der Waals surface area (Å²) in [5.74, 6) is 6.21. The third-order valence-electron chi connectivity index (χ3n) is 6.17. The Hall–Kier alpha value is -3.51. The van der Waals surface area contributed by atoms with Crippen LogP contribution in [0, 0.1) is 17.7 Å². The van der Waals surface area contributed by atoms with E-state index >= 15 is 0 Å². The van der Waals surface area contributed by atoms with Crippen molar-refractivity contribution in [2.75, 3.05) is 43.9 Å². The molecule has 7 nitrogen and oxygen atoms in total. The van der Waals surface area contributed by atoms with Gasteiger partial charge >= 0.3 is 0 Å². The molecule has 1 fully saturated rings. The van der Waals surface area contributed by atoms with Crippen LogP contribution in [-0.2, 0) is 4.79 Å². The summed E-state index contributed by atoms with van der Waals surface area (Å²) < 4.78 is 13.6. The molecule has 2 aromatic carbocycles. The Labute approximate surface area is 215 Å². The fourth-order valence-corrected chi connectivity index (χ4v) is 4.20. The first-order valence-electron chi connectivity index (χ1n) is 11.6. The van der Waals surface area contributed by atoms with Crippen LogP contribution in [0.3, 0.4) is 0 Å². The van der Waals surface area contributed by atoms with Crippen molar-refractivity contribution in [1.82, 2.24) is 19.8 Å². The fraction of sp³-hybridized carbons (Fsp3) is 0.296. The molecule has 36 heavy (non-hydrogen) atoms. The Morgan fingerprint density at radius 1 is 1.19 bits per heavy atom. The number of aromatic nitrogens is 2. The van der Waals surface area contributed by atoms with Crippen LogP contribution in [0.4, 0.5) is 21.6 Å². The number of nitrogens with one attached hydrogen (secondary N) is 2. The van der Waals surface area contributed by atoms with Gasteiger partial charge in [-0.05, 0) is 57.3 Å². The topological polar surface area (TPSA) is 73.4 Å². The normalized spacial score (nSPS) is 14.7. The summed E-state index contributed by atoms with van der Waals surface area (Å²) >= 11 is 5.94. The highest BCUT2D eigenvalue weighted by Crippen LogP contribution is 2.32. The van der Waals surface area contributed by atoms with Crippen LogP contribution in [0.1, 0.15) is 19.4 Å². The van der Waals surface area contributed by atoms with Gasteiger partial charge in [0.15, 0.2) is 0 Å². The molecular weight excluding hydrogens is 479 g/mol. The van der Waals surface area contributed by atoms with Crippen LogP contribution in [0.25, 0.3) is 10.9 Å². The highest BCUT2D eigenvalue weighted by Gasteiger charge is 2.27. The number of hydrogen-bond donors (Lipinski definition) is 2. The second kappa shape index (κ2) is 10.6. The SMILES string of the molecule is C=CC(=O)Nc1cc(C#CC(C)(C)N2CCN(C)CC2)cc2ncnc(Nc3ccc(F)c(Cl)c3)c12. The molecule has 0 radical (unpaired) electrons. The van der Waals surface area contributed by atoms with E-state index in [1.165, 1.54) is 24.5 Å². The summed E-state index contributed by atoms with van der Waals surface area (Å²) in [6.45, 7) is 11.7. The zero-order chi connectivity index (χ0) is 25.9. The van der Waals surface area contributed by atoms with E-state index in [1.807, 2.05) is 6.07 Å². The Bertz CT molecular complexity index is 1370. The Kier molecular flexibility index (Phi) is 7.55. The van der Waals surface area contributed by atoms with Crippen LogP contribution in [-0.4, -0.2) is 64.4 Å². The minimum Gasteiger partial charge on any atom is -0.340 e. The number of piperazine rings is 1. The highest BCUT2D eigenvalue weighted by atomic mass is 35.5. The van der Waals surface area contributed by atoms with E-state index in [4.69, 9.17) is 11.6 Å². The number of hydrogen-bond acceptors (Lipinski definition) is 6. The average molecular weight is 507 g/mol. The molecule has 0 bridgehead atoms. The van der Waals surface area contributed by atoms with Crippen molar-refractivity contribution in [2.24, 2.45) is 0 Å². The number of amides is 1. The van der Waals surface area contributed by atoms with Gasteiger partial charge in [-0.2, -0.15) is 0 Å². The molecule has 1 saturated heterocycles. The minimum atomic E-state index is -0.517. The van der Waals surface area contributed by atoms with Crippen molar-refractivity contribution in [3.05, 3.63) is 65.7 Å². The third kappa shape index (κ3) is 5.82. The molecule has 3 aromatic rings. The molecule has 1 aliphatic heterocycles. The maximum Gasteiger partial charge on any atom is 0.247 e. The van der Waals surface area contributed by atoms with Gasteiger partial charge < -0.3 is 15.5 Å². The van der Waals surface area contributed by atoms with E-state index in [2.05, 4.69) is 69.7 Å². The predicted octanol–water partition coefficient (Wildman–Crippen LogP) is 4.67. The number of anilines is 3. The molecule has 1 aliphatic rings. The van der Waals surface area contributed by atoms with Gasteiger partial charge in [0.2, 0.25) is 5.91 Å². The lowest BCUT2D eigenvalue weighted by Gasteiger charge is -2.40. The second-order valence-corrected chi connectivity index (χ2v) is 9.59. The van der Waals surface area contributed by atoms with E-state index in [1.54, 1.807) is 12.1 Å². The third-order valence-corrected chi connectivity index (χ3v) is 6.46. The van der Waals surface area contributed by atoms with E-state index in [-0.39, 0.29) is 16.5 Å². The predicted molar refractivity (Wildman–Crippen MR) is 143 cm³/mol. The molecule has 4 rings (SSSR count). The van der Waals surface area contributed by atoms with Crippen molar-refractivity contribution < 1.29 is 9.18 Å². The smallest absolute Gasteiger partial charge is 0.247 e. The lowest BCUT2D eigenvalue weighted by molar-refractivity contribution is -0.111. The van der Waals surface area contributed by atoms with Gasteiger partial charge in [-0.1, -0.05) is 30.0 Å². The van der Waals surface area contributed by atoms with Gasteiger partial charge in [0.1, 0.15) is 18.0 Å². The van der Waals surface area contributed by atoms with Gasteiger partial charge in [-0.15, -0.1) is 0 Å². The molecule has 0 aliphatic carbocycles. The summed E-state index contributed by atoms with van der Waals surface area (Å²) in [5.41, 5.74) is 2.00. The van der Waals surface area contributed by atoms with E-state index in [0.717, 1.165) is 26.2 Å². The lowest BCUT2D eigenvalue weighted by atomic mass is 10.0. The molecule has 0 spiro atoms. The van der Waals surface area contributed by atoms with Gasteiger partial charge in [0.05, 0.1) is 27.2 Å². The van der Waals surface area contributed by atoms with Crippen LogP contribution in [0.15, 0.2) is 49.3 Å². The summed E-state index contributed by atoms with van der Waals surface area (Å²) in [6.07, 6.45) is 2.61. The number of halogens is 2. The van der Waals surface area contributed by atoms with Gasteiger partial charge in [0, 0.05) is 37.4 Å². The Balaban J connectivity index is 1.73. The summed E-state index contributed by atoms with van der Waals surface area (Å²) in [7, 11) is 2.12. The molecule has 0 unspecified atom stereocenters. The number of rotatable bonds is 5. The summed E-state index contributed by atoms with van der Waals surface area (Å²) in [6, 6.07) is 7.94. The van der Waals surface area contributed by atoms with Crippen LogP contribution < -0.4 is 10.6 Å². The molecule has 0 saturated carbocycles. The summed E-state index contributed by atoms with van der Waals surface area (Å²) in [4.78, 5) is 25.7. The maximum atomic E-state index is 13.6. The molecule has 1 aromatic heterocycles. The minimum absolute atomic E-state index is 0.0147. The Morgan fingerprint density at radius 3 is 2.64 bits per heavy atom. The number of carbonyl (C=O) groups excluding carboxylic acids is 1. The molecule has 2 heterocycles. The van der Waals surface area contributed by atoms with E-state index < -0.39 is 5.82 Å². The van der Waals surface area contributed by atoms with Crippen LogP contribution >= 0.6 is 11.6 Å². The van der Waals surface area contributed by atoms with Crippen LogP contribution in [0.2, 0.25) is 5.02 Å². The average Bonchev–Trinajstić information content (AvgIpc) is 2.85. The lowest BCUT2D eigenvalue weighted by Crippen LogP contribution is -2.53. The van der Waals surface area contributed by atoms with Crippen molar-refractivity contribution in [1.29, 1.82) is 0 Å². The van der Waals surface area contributed by atoms with Crippen LogP contribution in [0.5, 0.6) is 0 Å². The quantitative estimate of drug-likeness (QED) is 0.387. The first kappa shape index (κ1) is 25.6. The largest absolute Gasteiger partial charge is 0.340 e. The fourth-order valence-electron chi connectivity index (χ4n) is 4.02. The molecule has 0 atom stereocenters. The van der Waals surface area contributed by atoms with E-state index in [9.17, 15) is 9.18 Å². The van der Waals surface area contributed by atoms with Crippen molar-refractivity contribution in [2.45, 2.75) is 19.4 Å². The number of likely N-dealkylation sites (N-methyl/N-ethyl adjacent to an activating group) is 1. The number of carbonyl (C=O) groups is 1. The first-order valence-corrected chi connectivity index (χ1v) is 11.9. The first-order chi connectivity index (χ1) is 17.2. The highest BCUT2D eigenvalue weighted by molar-refractivity contribution is 6.31. The monoisotopic (exact) mass is 506 g/mol. The molecule has 186 valence electrons.